The van der Waals surface area contributed by atoms with Crippen LogP contribution in [0.5, 0.6) is 5.75 Å². The third-order valence-electron chi connectivity index (χ3n) is 4.45. The summed E-state index contributed by atoms with van der Waals surface area (Å²) >= 11 is 7.29. The molecule has 0 aliphatic carbocycles. The van der Waals surface area contributed by atoms with Crippen molar-refractivity contribution in [2.75, 3.05) is 13.2 Å². The van der Waals surface area contributed by atoms with Crippen molar-refractivity contribution >= 4 is 35.2 Å². The van der Waals surface area contributed by atoms with E-state index in [0.29, 0.717) is 23.8 Å². The second-order valence-electron chi connectivity index (χ2n) is 6.70. The van der Waals surface area contributed by atoms with Gasteiger partial charge in [-0.25, -0.2) is 0 Å². The van der Waals surface area contributed by atoms with Crippen LogP contribution >= 0.6 is 23.4 Å². The zero-order chi connectivity index (χ0) is 20.8. The summed E-state index contributed by atoms with van der Waals surface area (Å²) in [5.41, 5.74) is 1.07. The Labute approximate surface area is 178 Å². The van der Waals surface area contributed by atoms with Crippen molar-refractivity contribution in [3.05, 3.63) is 64.7 Å². The van der Waals surface area contributed by atoms with Gasteiger partial charge in [0.25, 0.3) is 0 Å². The number of hydrogen-bond acceptors (Lipinski definition) is 6. The highest BCUT2D eigenvalue weighted by atomic mass is 35.5. The first-order valence-electron chi connectivity index (χ1n) is 9.15. The Morgan fingerprint density at radius 2 is 2.00 bits per heavy atom. The van der Waals surface area contributed by atoms with Gasteiger partial charge in [0.2, 0.25) is 5.91 Å². The number of carbonyl (C=O) groups is 2. The molecule has 0 radical (unpaired) electrons. The molecule has 1 aliphatic rings. The van der Waals surface area contributed by atoms with Gasteiger partial charge in [0.1, 0.15) is 12.4 Å². The van der Waals surface area contributed by atoms with Crippen LogP contribution in [-0.4, -0.2) is 41.0 Å². The van der Waals surface area contributed by atoms with Crippen molar-refractivity contribution in [2.45, 2.75) is 30.1 Å². The minimum absolute atomic E-state index is 0.155. The lowest BCUT2D eigenvalue weighted by molar-refractivity contribution is -0.141. The summed E-state index contributed by atoms with van der Waals surface area (Å²) in [7, 11) is 0. The van der Waals surface area contributed by atoms with Gasteiger partial charge in [0.05, 0.1) is 17.8 Å². The summed E-state index contributed by atoms with van der Waals surface area (Å²) in [5, 5.41) is 12.3. The lowest BCUT2D eigenvalue weighted by Crippen LogP contribution is -2.27. The van der Waals surface area contributed by atoms with Crippen LogP contribution < -0.4 is 10.1 Å². The lowest BCUT2D eigenvalue weighted by Gasteiger charge is -2.18. The van der Waals surface area contributed by atoms with Gasteiger partial charge in [-0.1, -0.05) is 47.6 Å². The number of rotatable bonds is 8. The lowest BCUT2D eigenvalue weighted by atomic mass is 10.0. The quantitative estimate of drug-likeness (QED) is 0.620. The van der Waals surface area contributed by atoms with Crippen LogP contribution in [0.25, 0.3) is 0 Å². The minimum atomic E-state index is -0.837. The Kier molecular flexibility index (Phi) is 7.41. The topological polar surface area (TPSA) is 84.9 Å². The molecule has 3 rings (SSSR count). The van der Waals surface area contributed by atoms with Crippen LogP contribution in [0.3, 0.4) is 0 Å². The molecule has 1 saturated heterocycles. The number of amides is 1. The summed E-state index contributed by atoms with van der Waals surface area (Å²) in [6, 6.07) is 14.9. The van der Waals surface area contributed by atoms with E-state index in [2.05, 4.69) is 5.32 Å². The molecule has 3 unspecified atom stereocenters. The van der Waals surface area contributed by atoms with Crippen LogP contribution in [-0.2, 0) is 20.7 Å². The van der Waals surface area contributed by atoms with Crippen LogP contribution in [0.2, 0.25) is 5.02 Å². The van der Waals surface area contributed by atoms with E-state index in [0.717, 1.165) is 11.1 Å². The van der Waals surface area contributed by atoms with Crippen LogP contribution in [0, 0.1) is 0 Å². The average Bonchev–Trinajstić information content (AvgIpc) is 2.99. The maximum absolute atomic E-state index is 11.7. The highest BCUT2D eigenvalue weighted by Gasteiger charge is 2.31. The highest BCUT2D eigenvalue weighted by molar-refractivity contribution is 8.01. The predicted molar refractivity (Wildman–Crippen MR) is 112 cm³/mol. The van der Waals surface area contributed by atoms with Gasteiger partial charge < -0.3 is 19.9 Å². The standard InChI is InChI=1S/C21H22ClNO5S/c1-13(24)27-11-16(15-3-2-4-17(22)10-15)12-28-18-7-5-14(6-8-18)9-19-20(25)23-21(26)29-19/h2-8,10,16,19,21,26H,9,11-12H2,1H3,(H,23,25). The molecular formula is C21H22ClNO5S. The molecular weight excluding hydrogens is 414 g/mol. The number of nitrogens with one attached hydrogen (secondary N) is 1. The van der Waals surface area contributed by atoms with Crippen LogP contribution in [0.1, 0.15) is 24.0 Å². The molecule has 0 spiro atoms. The summed E-state index contributed by atoms with van der Waals surface area (Å²) < 4.78 is 11.1. The summed E-state index contributed by atoms with van der Waals surface area (Å²) in [6.45, 7) is 1.89. The molecule has 2 aromatic carbocycles. The molecule has 154 valence electrons. The number of benzene rings is 2. The maximum Gasteiger partial charge on any atom is 0.302 e. The normalized spacial score (nSPS) is 19.5. The molecule has 29 heavy (non-hydrogen) atoms. The summed E-state index contributed by atoms with van der Waals surface area (Å²) in [4.78, 5) is 22.9. The largest absolute Gasteiger partial charge is 0.493 e. The van der Waals surface area contributed by atoms with Crippen molar-refractivity contribution in [1.29, 1.82) is 0 Å². The van der Waals surface area contributed by atoms with Crippen LogP contribution in [0.4, 0.5) is 0 Å². The van der Waals surface area contributed by atoms with Crippen molar-refractivity contribution in [2.24, 2.45) is 0 Å². The second-order valence-corrected chi connectivity index (χ2v) is 8.42. The number of aliphatic hydroxyl groups excluding tert-OH is 1. The Morgan fingerprint density at radius 1 is 1.24 bits per heavy atom. The van der Waals surface area contributed by atoms with Crippen molar-refractivity contribution in [3.63, 3.8) is 0 Å². The third-order valence-corrected chi connectivity index (χ3v) is 5.77. The smallest absolute Gasteiger partial charge is 0.302 e. The Hall–Kier alpha value is -2.22. The van der Waals surface area contributed by atoms with Crippen molar-refractivity contribution in [3.8, 4) is 5.75 Å². The molecule has 2 N–H and O–H groups in total. The molecule has 8 heteroatoms. The van der Waals surface area contributed by atoms with E-state index in [1.165, 1.54) is 18.7 Å². The Morgan fingerprint density at radius 3 is 2.62 bits per heavy atom. The number of halogens is 1. The van der Waals surface area contributed by atoms with Gasteiger partial charge in [0.15, 0.2) is 5.56 Å². The molecule has 1 aliphatic heterocycles. The SMILES string of the molecule is CC(=O)OCC(COc1ccc(CC2SC(O)NC2=O)cc1)c1cccc(Cl)c1. The molecule has 3 atom stereocenters. The van der Waals surface area contributed by atoms with Gasteiger partial charge in [-0.15, -0.1) is 0 Å². The molecule has 2 aromatic rings. The van der Waals surface area contributed by atoms with E-state index >= 15 is 0 Å². The third kappa shape index (κ3) is 6.39. The summed E-state index contributed by atoms with van der Waals surface area (Å²) in [5.74, 6) is 0.0162. The first-order valence-corrected chi connectivity index (χ1v) is 10.5. The number of carbonyl (C=O) groups excluding carboxylic acids is 2. The van der Waals surface area contributed by atoms with E-state index in [4.69, 9.17) is 21.1 Å². The number of thioether (sulfide) groups is 1. The van der Waals surface area contributed by atoms with Gasteiger partial charge in [0, 0.05) is 11.9 Å². The molecule has 1 amide bonds. The van der Waals surface area contributed by atoms with Gasteiger partial charge in [-0.05, 0) is 41.8 Å². The van der Waals surface area contributed by atoms with E-state index in [-0.39, 0.29) is 29.7 Å². The fourth-order valence-electron chi connectivity index (χ4n) is 2.96. The molecule has 0 saturated carbocycles. The minimum Gasteiger partial charge on any atom is -0.493 e. The predicted octanol–water partition coefficient (Wildman–Crippen LogP) is 3.12. The van der Waals surface area contributed by atoms with Gasteiger partial charge >= 0.3 is 5.97 Å². The maximum atomic E-state index is 11.7. The molecule has 1 heterocycles. The molecule has 6 nitrogen and oxygen atoms in total. The first-order chi connectivity index (χ1) is 13.9. The van der Waals surface area contributed by atoms with Gasteiger partial charge in [-0.2, -0.15) is 0 Å². The first kappa shape index (κ1) is 21.5. The Balaban J connectivity index is 1.60. The Bertz CT molecular complexity index is 860. The fourth-order valence-corrected chi connectivity index (χ4v) is 4.13. The van der Waals surface area contributed by atoms with Gasteiger partial charge in [-0.3, -0.25) is 9.59 Å². The summed E-state index contributed by atoms with van der Waals surface area (Å²) in [6.07, 6.45) is 0.533. The zero-order valence-electron chi connectivity index (χ0n) is 15.8. The highest BCUT2D eigenvalue weighted by Crippen LogP contribution is 2.26. The number of hydrogen-bond donors (Lipinski definition) is 2. The van der Waals surface area contributed by atoms with Crippen molar-refractivity contribution < 1.29 is 24.2 Å². The van der Waals surface area contributed by atoms with E-state index in [9.17, 15) is 14.7 Å². The van der Waals surface area contributed by atoms with E-state index < -0.39 is 5.56 Å². The fraction of sp³-hybridized carbons (Fsp3) is 0.333. The van der Waals surface area contributed by atoms with Crippen LogP contribution in [0.15, 0.2) is 48.5 Å². The zero-order valence-corrected chi connectivity index (χ0v) is 17.4. The molecule has 0 bridgehead atoms. The molecule has 1 fully saturated rings. The molecule has 0 aromatic heterocycles. The second kappa shape index (κ2) is 10.0. The monoisotopic (exact) mass is 435 g/mol. The van der Waals surface area contributed by atoms with Crippen molar-refractivity contribution in [1.82, 2.24) is 5.32 Å². The van der Waals surface area contributed by atoms with E-state index in [1.807, 2.05) is 42.5 Å². The number of esters is 1. The number of ether oxygens (including phenoxy) is 2. The van der Waals surface area contributed by atoms with E-state index in [1.54, 1.807) is 6.07 Å². The average molecular weight is 436 g/mol. The number of aliphatic hydroxyl groups is 1.